The quantitative estimate of drug-likeness (QED) is 0.571. The summed E-state index contributed by atoms with van der Waals surface area (Å²) in [6.07, 6.45) is 0.269. The summed E-state index contributed by atoms with van der Waals surface area (Å²) >= 11 is 1.42. The smallest absolute Gasteiger partial charge is 0.252 e. The molecule has 0 bridgehead atoms. The van der Waals surface area contributed by atoms with Crippen LogP contribution in [0.4, 0.5) is 0 Å². The lowest BCUT2D eigenvalue weighted by Crippen LogP contribution is -2.20. The summed E-state index contributed by atoms with van der Waals surface area (Å²) in [5.41, 5.74) is 5.31. The number of aromatic nitrogens is 1. The molecule has 0 saturated heterocycles. The summed E-state index contributed by atoms with van der Waals surface area (Å²) in [5, 5.41) is 0. The molecule has 0 spiro atoms. The first-order valence-corrected chi connectivity index (χ1v) is 10.6. The average molecular weight is 429 g/mol. The van der Waals surface area contributed by atoms with E-state index in [9.17, 15) is 4.79 Å². The maximum Gasteiger partial charge on any atom is 0.252 e. The first-order chi connectivity index (χ1) is 14.4. The zero-order chi connectivity index (χ0) is 21.8. The van der Waals surface area contributed by atoms with Gasteiger partial charge in [0.1, 0.15) is 21.7 Å². The van der Waals surface area contributed by atoms with E-state index in [-0.39, 0.29) is 12.3 Å². The van der Waals surface area contributed by atoms with Crippen molar-refractivity contribution in [3.05, 3.63) is 51.3 Å². The van der Waals surface area contributed by atoms with Gasteiger partial charge in [-0.3, -0.25) is 4.79 Å². The van der Waals surface area contributed by atoms with E-state index in [0.29, 0.717) is 23.7 Å². The molecule has 0 N–H and O–H groups in total. The minimum atomic E-state index is -0.180. The SMILES string of the molecule is COCCn1c(=NC(=O)Cc2c(C)cc(C)cc2C)sc2c(OC)ccc(OC)c21. The number of hydrogen-bond acceptors (Lipinski definition) is 5. The number of methoxy groups -OCH3 is 3. The highest BCUT2D eigenvalue weighted by molar-refractivity contribution is 7.16. The summed E-state index contributed by atoms with van der Waals surface area (Å²) in [7, 11) is 4.91. The molecule has 0 fully saturated rings. The number of rotatable bonds is 7. The van der Waals surface area contributed by atoms with Crippen molar-refractivity contribution in [1.29, 1.82) is 0 Å². The highest BCUT2D eigenvalue weighted by Crippen LogP contribution is 2.35. The largest absolute Gasteiger partial charge is 0.495 e. The number of carbonyl (C=O) groups excluding carboxylic acids is 1. The van der Waals surface area contributed by atoms with Crippen molar-refractivity contribution in [1.82, 2.24) is 4.57 Å². The fraction of sp³-hybridized carbons (Fsp3) is 0.391. The zero-order valence-corrected chi connectivity index (χ0v) is 19.2. The monoisotopic (exact) mass is 428 g/mol. The van der Waals surface area contributed by atoms with Crippen LogP contribution in [0.1, 0.15) is 22.3 Å². The second kappa shape index (κ2) is 9.45. The summed E-state index contributed by atoms with van der Waals surface area (Å²) < 4.78 is 19.2. The Labute approximate surface area is 180 Å². The van der Waals surface area contributed by atoms with Crippen LogP contribution in [0.25, 0.3) is 10.2 Å². The second-order valence-electron chi connectivity index (χ2n) is 7.24. The molecule has 0 unspecified atom stereocenters. The Morgan fingerprint density at radius 3 is 2.27 bits per heavy atom. The number of thiazole rings is 1. The molecule has 0 aliphatic heterocycles. The van der Waals surface area contributed by atoms with E-state index in [0.717, 1.165) is 32.7 Å². The standard InChI is InChI=1S/C23H28N2O4S/c1-14-11-15(2)17(16(3)12-14)13-20(26)24-23-25(9-10-27-4)21-18(28-5)7-8-19(29-6)22(21)30-23/h7-8,11-12H,9-10,13H2,1-6H3. The van der Waals surface area contributed by atoms with Gasteiger partial charge in [-0.1, -0.05) is 29.0 Å². The van der Waals surface area contributed by atoms with Gasteiger partial charge in [0.15, 0.2) is 4.80 Å². The molecule has 0 radical (unpaired) electrons. The lowest BCUT2D eigenvalue weighted by atomic mass is 9.97. The molecule has 2 aromatic carbocycles. The van der Waals surface area contributed by atoms with Crippen LogP contribution >= 0.6 is 11.3 Å². The molecule has 6 nitrogen and oxygen atoms in total. The predicted octanol–water partition coefficient (Wildman–Crippen LogP) is 3.96. The van der Waals surface area contributed by atoms with Gasteiger partial charge in [-0.15, -0.1) is 0 Å². The fourth-order valence-corrected chi connectivity index (χ4v) is 4.90. The van der Waals surface area contributed by atoms with Gasteiger partial charge in [0.25, 0.3) is 5.91 Å². The highest BCUT2D eigenvalue weighted by atomic mass is 32.1. The molecule has 0 atom stereocenters. The molecule has 3 rings (SSSR count). The third-order valence-corrected chi connectivity index (χ3v) is 6.19. The molecule has 160 valence electrons. The predicted molar refractivity (Wildman–Crippen MR) is 120 cm³/mol. The van der Waals surface area contributed by atoms with Crippen LogP contribution in [0, 0.1) is 20.8 Å². The molecule has 30 heavy (non-hydrogen) atoms. The van der Waals surface area contributed by atoms with Crippen molar-refractivity contribution >= 4 is 27.5 Å². The number of carbonyl (C=O) groups is 1. The third-order valence-electron chi connectivity index (χ3n) is 5.10. The highest BCUT2D eigenvalue weighted by Gasteiger charge is 2.17. The second-order valence-corrected chi connectivity index (χ2v) is 8.21. The molecule has 1 heterocycles. The molecular formula is C23H28N2O4S. The van der Waals surface area contributed by atoms with E-state index in [4.69, 9.17) is 14.2 Å². The number of ether oxygens (including phenoxy) is 3. The molecule has 0 aliphatic rings. The minimum Gasteiger partial charge on any atom is -0.495 e. The first kappa shape index (κ1) is 22.1. The van der Waals surface area contributed by atoms with Crippen LogP contribution < -0.4 is 14.3 Å². The van der Waals surface area contributed by atoms with Crippen molar-refractivity contribution in [2.75, 3.05) is 27.9 Å². The Morgan fingerprint density at radius 2 is 1.67 bits per heavy atom. The molecule has 7 heteroatoms. The summed E-state index contributed by atoms with van der Waals surface area (Å²) in [6, 6.07) is 7.93. The third kappa shape index (κ3) is 4.42. The zero-order valence-electron chi connectivity index (χ0n) is 18.4. The summed E-state index contributed by atoms with van der Waals surface area (Å²) in [4.78, 5) is 18.0. The van der Waals surface area contributed by atoms with Gasteiger partial charge in [0.05, 0.1) is 27.2 Å². The average Bonchev–Trinajstić information content (AvgIpc) is 3.06. The normalized spacial score (nSPS) is 11.9. The maximum atomic E-state index is 12.9. The molecule has 0 aliphatic carbocycles. The number of hydrogen-bond donors (Lipinski definition) is 0. The van der Waals surface area contributed by atoms with Crippen LogP contribution in [-0.2, 0) is 22.5 Å². The Balaban J connectivity index is 2.12. The lowest BCUT2D eigenvalue weighted by molar-refractivity contribution is -0.117. The van der Waals surface area contributed by atoms with Crippen LogP contribution in [0.3, 0.4) is 0 Å². The van der Waals surface area contributed by atoms with Crippen molar-refractivity contribution in [2.45, 2.75) is 33.7 Å². The van der Waals surface area contributed by atoms with Crippen LogP contribution in [0.5, 0.6) is 11.5 Å². The van der Waals surface area contributed by atoms with E-state index in [1.165, 1.54) is 16.9 Å². The number of amides is 1. The van der Waals surface area contributed by atoms with Crippen molar-refractivity contribution < 1.29 is 19.0 Å². The van der Waals surface area contributed by atoms with Gasteiger partial charge >= 0.3 is 0 Å². The number of fused-ring (bicyclic) bond motifs is 1. The molecular weight excluding hydrogens is 400 g/mol. The van der Waals surface area contributed by atoms with Gasteiger partial charge in [-0.25, -0.2) is 0 Å². The fourth-order valence-electron chi connectivity index (χ4n) is 3.72. The van der Waals surface area contributed by atoms with E-state index in [2.05, 4.69) is 24.0 Å². The number of nitrogens with zero attached hydrogens (tertiary/aromatic N) is 2. The Bertz CT molecular complexity index is 1120. The van der Waals surface area contributed by atoms with Crippen LogP contribution in [0.15, 0.2) is 29.3 Å². The first-order valence-electron chi connectivity index (χ1n) is 9.77. The van der Waals surface area contributed by atoms with Gasteiger partial charge in [0.2, 0.25) is 0 Å². The lowest BCUT2D eigenvalue weighted by Gasteiger charge is -2.10. The summed E-state index contributed by atoms with van der Waals surface area (Å²) in [6.45, 7) is 7.18. The minimum absolute atomic E-state index is 0.180. The Hall–Kier alpha value is -2.64. The van der Waals surface area contributed by atoms with Crippen molar-refractivity contribution in [3.8, 4) is 11.5 Å². The van der Waals surface area contributed by atoms with Crippen molar-refractivity contribution in [3.63, 3.8) is 0 Å². The van der Waals surface area contributed by atoms with Crippen LogP contribution in [0.2, 0.25) is 0 Å². The van der Waals surface area contributed by atoms with Gasteiger partial charge < -0.3 is 18.8 Å². The molecule has 0 saturated carbocycles. The van der Waals surface area contributed by atoms with Crippen LogP contribution in [-0.4, -0.2) is 38.4 Å². The van der Waals surface area contributed by atoms with E-state index >= 15 is 0 Å². The molecule has 1 amide bonds. The van der Waals surface area contributed by atoms with Gasteiger partial charge in [-0.05, 0) is 49.6 Å². The number of benzene rings is 2. The van der Waals surface area contributed by atoms with Crippen molar-refractivity contribution in [2.24, 2.45) is 4.99 Å². The number of aryl methyl sites for hydroxylation is 3. The molecule has 1 aromatic heterocycles. The van der Waals surface area contributed by atoms with Gasteiger partial charge in [0, 0.05) is 13.7 Å². The Morgan fingerprint density at radius 1 is 1.03 bits per heavy atom. The molecule has 3 aromatic rings. The van der Waals surface area contributed by atoms with E-state index < -0.39 is 0 Å². The summed E-state index contributed by atoms with van der Waals surface area (Å²) in [5.74, 6) is 1.25. The maximum absolute atomic E-state index is 12.9. The van der Waals surface area contributed by atoms with E-state index in [1.54, 1.807) is 21.3 Å². The van der Waals surface area contributed by atoms with Gasteiger partial charge in [-0.2, -0.15) is 4.99 Å². The topological polar surface area (TPSA) is 62.1 Å². The van der Waals surface area contributed by atoms with E-state index in [1.807, 2.05) is 30.5 Å². The Kier molecular flexibility index (Phi) is 6.95.